The third kappa shape index (κ3) is 22.8. The summed E-state index contributed by atoms with van der Waals surface area (Å²) in [6, 6.07) is 15.4. The van der Waals surface area contributed by atoms with Crippen LogP contribution in [0.5, 0.6) is 17.2 Å². The molecule has 11 atom stereocenters. The van der Waals surface area contributed by atoms with E-state index in [1.54, 1.807) is 50.2 Å². The molecule has 2 saturated heterocycles. The van der Waals surface area contributed by atoms with Gasteiger partial charge in [-0.05, 0) is 177 Å². The molecule has 0 unspecified atom stereocenters. The average Bonchev–Trinajstić information content (AvgIpc) is 1.61. The highest BCUT2D eigenvalue weighted by molar-refractivity contribution is 7.54. The number of aliphatic hydroxyl groups is 1. The second-order valence-electron chi connectivity index (χ2n) is 33.6. The smallest absolute Gasteiger partial charge is 0.526 e. The molecular formula is C79H107B4Cl3N12O20. The first kappa shape index (κ1) is 93.1. The monoisotopic (exact) mass is 1690 g/mol. The number of aromatic carboxylic acids is 1. The minimum atomic E-state index is -1.30. The van der Waals surface area contributed by atoms with E-state index in [9.17, 15) is 48.5 Å². The highest BCUT2D eigenvalue weighted by Crippen LogP contribution is 2.68. The molecule has 118 heavy (non-hydrogen) atoms. The minimum Gasteiger partial charge on any atom is -0.535 e. The molecule has 0 radical (unpaired) electrons. The van der Waals surface area contributed by atoms with Gasteiger partial charge in [0, 0.05) is 44.7 Å². The number of carbonyl (C=O) groups is 8. The van der Waals surface area contributed by atoms with Gasteiger partial charge in [0.05, 0.1) is 43.2 Å². The summed E-state index contributed by atoms with van der Waals surface area (Å²) >= 11 is 14.4. The van der Waals surface area contributed by atoms with Crippen molar-refractivity contribution in [3.8, 4) is 17.2 Å². The molecule has 3 aromatic heterocycles. The van der Waals surface area contributed by atoms with Gasteiger partial charge < -0.3 is 73.8 Å². The SMILES string of the molecule is CCO.COc1c(C[C@H](CC(=O)Cn2cnc(C(N)=O)n2)B2O[C@@H]3C[C@@H]4C[C@@H](C4(C)C)[C@]3(C)O2)cccc1C(=O)OC(C)(C)C.ClB(Cl)Cl.NC(=O)c1ncn(CC(=O)C[C@H]2Cc3cccc(C(=O)O)c3OB2O)n1.[2H]CC.[C-]#[N+]c1ncn(CC(=O)C[C@@H](Cc2cccc(C(=O)OC(C)(C)C)c2OC)B2O[C@@H]3C[C@@H]4C[C@@H](C4(C)C)[C@]3(C)O2)n1. The number of primary amides is 2. The first-order chi connectivity index (χ1) is 55.8. The number of methoxy groups -OCH3 is 2. The zero-order valence-electron chi connectivity index (χ0n) is 70.6. The maximum Gasteiger partial charge on any atom is 0.526 e. The summed E-state index contributed by atoms with van der Waals surface area (Å²) < 4.78 is 64.9. The lowest BCUT2D eigenvalue weighted by molar-refractivity contribution is -0.199. The van der Waals surface area contributed by atoms with Crippen molar-refractivity contribution < 1.29 is 97.2 Å². The van der Waals surface area contributed by atoms with Crippen molar-refractivity contribution in [2.45, 2.75) is 240 Å². The predicted molar refractivity (Wildman–Crippen MR) is 441 cm³/mol. The van der Waals surface area contributed by atoms with Crippen LogP contribution in [0.1, 0.15) is 219 Å². The van der Waals surface area contributed by atoms with Crippen LogP contribution in [-0.2, 0) is 81.4 Å². The Labute approximate surface area is 705 Å². The number of hydrogen-bond donors (Lipinski definition) is 5. The fourth-order valence-electron chi connectivity index (χ4n) is 17.1. The van der Waals surface area contributed by atoms with Crippen molar-refractivity contribution in [2.24, 2.45) is 46.0 Å². The molecule has 7 N–H and O–H groups in total. The molecule has 6 aromatic rings. The number of carbonyl (C=O) groups excluding carboxylic acids is 7. The topological polar surface area (TPSA) is 429 Å². The normalized spacial score (nSPS) is 22.9. The summed E-state index contributed by atoms with van der Waals surface area (Å²) in [7, 11) is 0.504. The highest BCUT2D eigenvalue weighted by Gasteiger charge is 2.70. The van der Waals surface area contributed by atoms with Crippen LogP contribution >= 0.6 is 34.4 Å². The van der Waals surface area contributed by atoms with Crippen molar-refractivity contribution in [1.82, 2.24) is 44.3 Å². The fourth-order valence-corrected chi connectivity index (χ4v) is 17.1. The van der Waals surface area contributed by atoms with Crippen LogP contribution in [0.15, 0.2) is 73.6 Å². The fraction of sp³-hybridized carbons (Fsp3) is 0.582. The lowest BCUT2D eigenvalue weighted by atomic mass is 9.43. The van der Waals surface area contributed by atoms with Crippen molar-refractivity contribution in [2.75, 3.05) is 20.8 Å². The van der Waals surface area contributed by atoms with Gasteiger partial charge >= 0.3 is 50.2 Å². The van der Waals surface area contributed by atoms with Crippen molar-refractivity contribution in [1.29, 1.82) is 0 Å². The van der Waals surface area contributed by atoms with Crippen LogP contribution < -0.4 is 25.6 Å². The standard InChI is InChI=1S/C30H41BN4O7.C30H39BN4O6.C15H15BN4O6.C2H6O.C2H6.BCl3/c1-28(2,3)40-27(38)21-10-8-9-17(24(21)39-7)11-19(14-20(36)15-35-16-33-26(34-35)25(32)37)31-41-23-13-18-12-22(29(18,4)5)30(23,6)42-31;1-28(2,3)39-26(37)22-11-9-10-18(25(22)38-8)12-20(15-21(36)16-35-17-33-27(32-7)34-35)31-40-24-14-19-13-23(29(19,4)5)30(24,6)41-31;17-13(22)14-18-7-20(19-14)6-10(21)5-9-4-8-2-1-3-11(15(23)24)12(8)26-16(9)25;1-2-3;1-2;2-1(3)4/h8-10,16,18-19,22-23H,11-15H2,1-7H3,(H2,32,37);9-11,17,19-20,23-24H,12-16H2,1-6,8H3;1-3,7,9,25H,4-6H2,(H2,17,22)(H,23,24);3H,2H2,1H3;1-2H3;/t18-,19+,22-,23+,30-;19-,20+,23-,24+,30-;9-;;;/m001.../s1/i;;;;1D;. The van der Waals surface area contributed by atoms with E-state index >= 15 is 0 Å². The number of carboxylic acids is 1. The van der Waals surface area contributed by atoms with Crippen molar-refractivity contribution >= 4 is 114 Å². The van der Waals surface area contributed by atoms with Crippen molar-refractivity contribution in [3.05, 3.63) is 130 Å². The van der Waals surface area contributed by atoms with E-state index in [0.717, 1.165) is 36.8 Å². The maximum atomic E-state index is 13.4. The Bertz CT molecular complexity index is 4650. The molecule has 4 bridgehead atoms. The first-order valence-electron chi connectivity index (χ1n) is 39.7. The number of rotatable bonds is 25. The maximum absolute atomic E-state index is 13.4. The van der Waals surface area contributed by atoms with Gasteiger partial charge in [0.15, 0.2) is 23.7 Å². The number of fused-ring (bicyclic) bond motifs is 1. The van der Waals surface area contributed by atoms with Gasteiger partial charge in [0.1, 0.15) is 71.9 Å². The van der Waals surface area contributed by atoms with E-state index < -0.39 is 84.3 Å². The van der Waals surface area contributed by atoms with E-state index in [2.05, 4.69) is 76.6 Å². The lowest BCUT2D eigenvalue weighted by Gasteiger charge is -2.64. The van der Waals surface area contributed by atoms with Crippen LogP contribution in [0.4, 0.5) is 5.95 Å². The largest absolute Gasteiger partial charge is 0.535 e. The van der Waals surface area contributed by atoms with E-state index in [1.165, 1.54) is 53.3 Å². The Balaban J connectivity index is 0.000000215. The minimum absolute atomic E-state index is 0.000828. The highest BCUT2D eigenvalue weighted by atomic mass is 35.6. The van der Waals surface area contributed by atoms with Gasteiger partial charge in [-0.2, -0.15) is 39.1 Å². The summed E-state index contributed by atoms with van der Waals surface area (Å²) in [6.45, 7) is 35.5. The number of carboxylic acid groups (broad SMARTS) is 1. The summed E-state index contributed by atoms with van der Waals surface area (Å²) in [5.41, 5.74) is 11.2. The number of benzene rings is 3. The quantitative estimate of drug-likeness (QED) is 0.0202. The number of halogens is 3. The number of Topliss-reactive ketones (excluding diaryl/α,β-unsaturated/α-hetero) is 3. The van der Waals surface area contributed by atoms with Gasteiger partial charge in [-0.25, -0.2) is 33.7 Å². The molecule has 32 nitrogen and oxygen atoms in total. The molecule has 8 fully saturated rings. The molecule has 6 aliphatic carbocycles. The third-order valence-corrected chi connectivity index (χ3v) is 22.6. The van der Waals surface area contributed by atoms with E-state index in [-0.39, 0.29) is 126 Å². The third-order valence-electron chi connectivity index (χ3n) is 22.6. The molecule has 15 rings (SSSR count). The number of para-hydroxylation sites is 3. The molecule has 6 heterocycles. The average molecular weight is 1700 g/mol. The molecule has 9 aliphatic rings. The Hall–Kier alpha value is -8.78. The van der Waals surface area contributed by atoms with Gasteiger partial charge in [-0.15, -0.1) is 21.8 Å². The molecule has 6 saturated carbocycles. The van der Waals surface area contributed by atoms with Gasteiger partial charge in [-0.1, -0.05) is 83.0 Å². The Morgan fingerprint density at radius 3 is 1.42 bits per heavy atom. The number of amides is 2. The molecule has 0 spiro atoms. The molecule has 2 amide bonds. The Morgan fingerprint density at radius 2 is 1.05 bits per heavy atom. The number of ether oxygens (including phenoxy) is 4. The van der Waals surface area contributed by atoms with Crippen LogP contribution in [0.2, 0.25) is 17.5 Å². The van der Waals surface area contributed by atoms with E-state index in [1.807, 2.05) is 53.7 Å². The number of nitrogens with two attached hydrogens (primary N) is 2. The predicted octanol–water partition coefficient (Wildman–Crippen LogP) is 11.0. The second-order valence-corrected chi connectivity index (χ2v) is 35.6. The molecule has 636 valence electrons. The number of nitrogens with zero attached hydrogens (tertiary/aromatic N) is 10. The van der Waals surface area contributed by atoms with Gasteiger partial charge in [0.25, 0.3) is 11.8 Å². The summed E-state index contributed by atoms with van der Waals surface area (Å²) in [5.74, 6) is -2.88. The Morgan fingerprint density at radius 1 is 0.661 bits per heavy atom. The van der Waals surface area contributed by atoms with Crippen molar-refractivity contribution in [3.63, 3.8) is 0 Å². The number of hydrogen-bond acceptors (Lipinski definition) is 25. The zero-order chi connectivity index (χ0) is 88.2. The van der Waals surface area contributed by atoms with Gasteiger partial charge in [-0.3, -0.25) is 24.0 Å². The van der Waals surface area contributed by atoms with Gasteiger partial charge in [0.2, 0.25) is 11.6 Å². The summed E-state index contributed by atoms with van der Waals surface area (Å²) in [4.78, 5) is 113. The number of aromatic nitrogens is 9. The van der Waals surface area contributed by atoms with E-state index in [0.29, 0.717) is 78.0 Å². The van der Waals surface area contributed by atoms with Crippen LogP contribution in [-0.4, -0.2) is 188 Å². The van der Waals surface area contributed by atoms with Crippen LogP contribution in [0.3, 0.4) is 0 Å². The molecular weight excluding hydrogens is 1590 g/mol. The van der Waals surface area contributed by atoms with Crippen LogP contribution in [0.25, 0.3) is 4.85 Å². The second kappa shape index (κ2) is 39.6. The number of aliphatic hydroxyl groups excluding tert-OH is 1. The molecule has 39 heteroatoms. The molecule has 3 aliphatic heterocycles. The zero-order valence-corrected chi connectivity index (χ0v) is 71.9. The summed E-state index contributed by atoms with van der Waals surface area (Å²) in [6.07, 6.45) is 9.23. The molecule has 3 aromatic carbocycles. The Kier molecular flexibility index (Phi) is 31.3. The lowest BCUT2D eigenvalue weighted by Crippen LogP contribution is -2.65. The van der Waals surface area contributed by atoms with E-state index in [4.69, 9.17) is 101 Å². The van der Waals surface area contributed by atoms with Crippen LogP contribution in [0, 0.1) is 41.1 Å². The first-order valence-corrected chi connectivity index (χ1v) is 40.3. The number of ketones is 3. The number of esters is 2. The summed E-state index contributed by atoms with van der Waals surface area (Å²) in [5, 5.41) is 38.7.